The Morgan fingerprint density at radius 1 is 1.05 bits per heavy atom. The van der Waals surface area contributed by atoms with Gasteiger partial charge >= 0.3 is 0 Å². The molecule has 0 aliphatic carbocycles. The molecule has 0 N–H and O–H groups in total. The summed E-state index contributed by atoms with van der Waals surface area (Å²) in [5, 5.41) is 8.27. The Balaban J connectivity index is 1.91. The van der Waals surface area contributed by atoms with E-state index in [1.165, 1.54) is 0 Å². The van der Waals surface area contributed by atoms with Crippen LogP contribution in [0, 0.1) is 6.92 Å². The van der Waals surface area contributed by atoms with Crippen molar-refractivity contribution in [1.82, 2.24) is 10.2 Å². The second-order valence-corrected chi connectivity index (χ2v) is 5.53. The summed E-state index contributed by atoms with van der Waals surface area (Å²) in [5.74, 6) is 0.781. The maximum Gasteiger partial charge on any atom is 0.247 e. The normalized spacial score (nSPS) is 12.3. The van der Waals surface area contributed by atoms with E-state index in [0.717, 1.165) is 16.7 Å². The molecule has 21 heavy (non-hydrogen) atoms. The summed E-state index contributed by atoms with van der Waals surface area (Å²) in [7, 11) is 0. The Kier molecular flexibility index (Phi) is 3.95. The first-order valence-electron chi connectivity index (χ1n) is 6.44. The fraction of sp³-hybridized carbons (Fsp3) is 0.125. The highest BCUT2D eigenvalue weighted by atomic mass is 35.5. The van der Waals surface area contributed by atoms with Gasteiger partial charge in [0.25, 0.3) is 0 Å². The van der Waals surface area contributed by atoms with Gasteiger partial charge < -0.3 is 4.42 Å². The highest BCUT2D eigenvalue weighted by molar-refractivity contribution is 6.31. The minimum Gasteiger partial charge on any atom is -0.419 e. The van der Waals surface area contributed by atoms with E-state index in [2.05, 4.69) is 10.2 Å². The van der Waals surface area contributed by atoms with Gasteiger partial charge in [-0.3, -0.25) is 0 Å². The Labute approximate surface area is 132 Å². The van der Waals surface area contributed by atoms with Gasteiger partial charge in [0.2, 0.25) is 11.8 Å². The highest BCUT2D eigenvalue weighted by Gasteiger charge is 2.18. The smallest absolute Gasteiger partial charge is 0.247 e. The molecule has 0 saturated carbocycles. The van der Waals surface area contributed by atoms with Crippen LogP contribution in [-0.4, -0.2) is 10.2 Å². The van der Waals surface area contributed by atoms with Crippen molar-refractivity contribution in [1.29, 1.82) is 0 Å². The molecule has 0 aliphatic heterocycles. The van der Waals surface area contributed by atoms with E-state index >= 15 is 0 Å². The summed E-state index contributed by atoms with van der Waals surface area (Å²) in [6.45, 7) is 1.94. The molecule has 0 bridgehead atoms. The minimum atomic E-state index is -0.464. The number of hydrogen-bond acceptors (Lipinski definition) is 3. The Morgan fingerprint density at radius 3 is 2.52 bits per heavy atom. The predicted molar refractivity (Wildman–Crippen MR) is 83.6 cm³/mol. The first-order valence-corrected chi connectivity index (χ1v) is 7.25. The molecular formula is C16H12Cl2N2O. The van der Waals surface area contributed by atoms with Gasteiger partial charge in [0.15, 0.2) is 0 Å². The zero-order valence-corrected chi connectivity index (χ0v) is 12.8. The molecule has 5 heteroatoms. The Bertz CT molecular complexity index is 756. The summed E-state index contributed by atoms with van der Waals surface area (Å²) in [4.78, 5) is 0. The van der Waals surface area contributed by atoms with Crippen LogP contribution < -0.4 is 0 Å². The average molecular weight is 319 g/mol. The number of rotatable bonds is 3. The van der Waals surface area contributed by atoms with Crippen LogP contribution >= 0.6 is 23.2 Å². The van der Waals surface area contributed by atoms with Crippen molar-refractivity contribution >= 4 is 23.2 Å². The lowest BCUT2D eigenvalue weighted by atomic mass is 10.1. The fourth-order valence-corrected chi connectivity index (χ4v) is 2.36. The molecule has 3 nitrogen and oxygen atoms in total. The van der Waals surface area contributed by atoms with E-state index in [1.54, 1.807) is 6.07 Å². The quantitative estimate of drug-likeness (QED) is 0.636. The standard InChI is InChI=1S/C16H12Cl2N2O/c1-10-7-8-12(9-13(10)17)15-19-20-16(21-15)14(18)11-5-3-2-4-6-11/h2-9,14H,1H3. The summed E-state index contributed by atoms with van der Waals surface area (Å²) in [6, 6.07) is 15.2. The molecule has 1 heterocycles. The van der Waals surface area contributed by atoms with E-state index < -0.39 is 5.38 Å². The molecule has 2 aromatic carbocycles. The molecular weight excluding hydrogens is 307 g/mol. The number of halogens is 2. The molecule has 3 aromatic rings. The van der Waals surface area contributed by atoms with Crippen molar-refractivity contribution in [3.05, 3.63) is 70.6 Å². The summed E-state index contributed by atoms with van der Waals surface area (Å²) in [6.07, 6.45) is 0. The van der Waals surface area contributed by atoms with Gasteiger partial charge in [-0.2, -0.15) is 0 Å². The third kappa shape index (κ3) is 2.94. The molecule has 1 aromatic heterocycles. The van der Waals surface area contributed by atoms with E-state index in [9.17, 15) is 0 Å². The maximum atomic E-state index is 6.37. The lowest BCUT2D eigenvalue weighted by molar-refractivity contribution is 0.513. The average Bonchev–Trinajstić information content (AvgIpc) is 3.00. The molecule has 0 amide bonds. The van der Waals surface area contributed by atoms with E-state index in [-0.39, 0.29) is 0 Å². The van der Waals surface area contributed by atoms with Crippen molar-refractivity contribution in [3.8, 4) is 11.5 Å². The van der Waals surface area contributed by atoms with Gasteiger partial charge in [0.05, 0.1) is 0 Å². The van der Waals surface area contributed by atoms with Crippen molar-refractivity contribution in [2.45, 2.75) is 12.3 Å². The molecule has 3 rings (SSSR count). The van der Waals surface area contributed by atoms with Crippen LogP contribution in [0.1, 0.15) is 22.4 Å². The van der Waals surface area contributed by atoms with Crippen LogP contribution in [0.3, 0.4) is 0 Å². The third-order valence-electron chi connectivity index (χ3n) is 3.17. The topological polar surface area (TPSA) is 38.9 Å². The molecule has 0 aliphatic rings. The number of alkyl halides is 1. The molecule has 1 unspecified atom stereocenters. The predicted octanol–water partition coefficient (Wildman–Crippen LogP) is 5.03. The van der Waals surface area contributed by atoms with Crippen LogP contribution in [0.25, 0.3) is 11.5 Å². The van der Waals surface area contributed by atoms with Gasteiger partial charge in [0.1, 0.15) is 5.38 Å². The lowest BCUT2D eigenvalue weighted by Crippen LogP contribution is -1.92. The second-order valence-electron chi connectivity index (χ2n) is 4.68. The van der Waals surface area contributed by atoms with Crippen molar-refractivity contribution in [2.75, 3.05) is 0 Å². The van der Waals surface area contributed by atoms with E-state index in [0.29, 0.717) is 16.8 Å². The third-order valence-corrected chi connectivity index (χ3v) is 4.01. The first-order chi connectivity index (χ1) is 10.1. The molecule has 1 atom stereocenters. The molecule has 0 fully saturated rings. The zero-order valence-electron chi connectivity index (χ0n) is 11.3. The highest BCUT2D eigenvalue weighted by Crippen LogP contribution is 2.30. The minimum absolute atomic E-state index is 0.370. The number of hydrogen-bond donors (Lipinski definition) is 0. The van der Waals surface area contributed by atoms with Crippen LogP contribution in [-0.2, 0) is 0 Å². The van der Waals surface area contributed by atoms with Gasteiger partial charge in [-0.05, 0) is 30.2 Å². The van der Waals surface area contributed by atoms with Gasteiger partial charge in [0, 0.05) is 10.6 Å². The number of benzene rings is 2. The van der Waals surface area contributed by atoms with E-state index in [4.69, 9.17) is 27.6 Å². The summed E-state index contributed by atoms with van der Waals surface area (Å²) < 4.78 is 5.67. The van der Waals surface area contributed by atoms with Gasteiger partial charge in [-0.1, -0.05) is 48.0 Å². The van der Waals surface area contributed by atoms with Crippen molar-refractivity contribution in [3.63, 3.8) is 0 Å². The van der Waals surface area contributed by atoms with Gasteiger partial charge in [-0.15, -0.1) is 21.8 Å². The number of aromatic nitrogens is 2. The molecule has 0 spiro atoms. The summed E-state index contributed by atoms with van der Waals surface area (Å²) in [5.41, 5.74) is 2.69. The van der Waals surface area contributed by atoms with Crippen LogP contribution in [0.15, 0.2) is 52.9 Å². The first kappa shape index (κ1) is 14.1. The van der Waals surface area contributed by atoms with Crippen LogP contribution in [0.5, 0.6) is 0 Å². The van der Waals surface area contributed by atoms with Crippen LogP contribution in [0.2, 0.25) is 5.02 Å². The zero-order chi connectivity index (χ0) is 14.8. The van der Waals surface area contributed by atoms with Gasteiger partial charge in [-0.25, -0.2) is 0 Å². The number of nitrogens with zero attached hydrogens (tertiary/aromatic N) is 2. The summed E-state index contributed by atoms with van der Waals surface area (Å²) >= 11 is 12.5. The fourth-order valence-electron chi connectivity index (χ4n) is 1.94. The monoisotopic (exact) mass is 318 g/mol. The molecule has 0 radical (unpaired) electrons. The maximum absolute atomic E-state index is 6.37. The molecule has 0 saturated heterocycles. The van der Waals surface area contributed by atoms with Crippen molar-refractivity contribution in [2.24, 2.45) is 0 Å². The van der Waals surface area contributed by atoms with Crippen molar-refractivity contribution < 1.29 is 4.42 Å². The number of aryl methyl sites for hydroxylation is 1. The Morgan fingerprint density at radius 2 is 1.81 bits per heavy atom. The molecule has 106 valence electrons. The largest absolute Gasteiger partial charge is 0.419 e. The lowest BCUT2D eigenvalue weighted by Gasteiger charge is -2.04. The van der Waals surface area contributed by atoms with E-state index in [1.807, 2.05) is 49.4 Å². The Hall–Kier alpha value is -1.84. The van der Waals surface area contributed by atoms with Crippen LogP contribution in [0.4, 0.5) is 0 Å². The second kappa shape index (κ2) is 5.88. The SMILES string of the molecule is Cc1ccc(-c2nnc(C(Cl)c3ccccc3)o2)cc1Cl.